The van der Waals surface area contributed by atoms with Gasteiger partial charge in [0.25, 0.3) is 0 Å². The number of nitrogens with one attached hydrogen (secondary N) is 2. The number of carbonyl (C=O) groups excluding carboxylic acids is 1. The van der Waals surface area contributed by atoms with Gasteiger partial charge in [-0.25, -0.2) is 4.79 Å². The van der Waals surface area contributed by atoms with Gasteiger partial charge in [0.15, 0.2) is 0 Å². The van der Waals surface area contributed by atoms with Gasteiger partial charge in [-0.3, -0.25) is 4.79 Å². The van der Waals surface area contributed by atoms with Gasteiger partial charge < -0.3 is 15.7 Å². The predicted octanol–water partition coefficient (Wildman–Crippen LogP) is 2.37. The van der Waals surface area contributed by atoms with E-state index >= 15 is 0 Å². The molecule has 2 atom stereocenters. The molecule has 1 saturated carbocycles. The van der Waals surface area contributed by atoms with E-state index in [-0.39, 0.29) is 24.0 Å². The van der Waals surface area contributed by atoms with Crippen molar-refractivity contribution in [2.45, 2.75) is 58.9 Å². The van der Waals surface area contributed by atoms with E-state index in [4.69, 9.17) is 5.11 Å². The molecule has 0 aromatic heterocycles. The summed E-state index contributed by atoms with van der Waals surface area (Å²) in [6, 6.07) is -0.0453. The third-order valence-electron chi connectivity index (χ3n) is 3.89. The molecule has 0 heterocycles. The first-order valence-electron chi connectivity index (χ1n) is 7.11. The minimum absolute atomic E-state index is 0.188. The van der Waals surface area contributed by atoms with Gasteiger partial charge in [-0.1, -0.05) is 27.2 Å². The smallest absolute Gasteiger partial charge is 0.315 e. The molecule has 3 N–H and O–H groups in total. The van der Waals surface area contributed by atoms with Crippen molar-refractivity contribution >= 4 is 12.0 Å². The molecule has 0 radical (unpaired) electrons. The standard InChI is InChI=1S/C14H26N2O3/c1-4-10(12(17)18)9-15-13(19)16-11-6-5-7-14(2,3)8-11/h10-11H,4-9H2,1-3H3,(H,17,18)(H2,15,16,19). The number of urea groups is 1. The van der Waals surface area contributed by atoms with Crippen LogP contribution in [-0.2, 0) is 4.79 Å². The van der Waals surface area contributed by atoms with Crippen molar-refractivity contribution in [1.29, 1.82) is 0 Å². The molecule has 1 aliphatic rings. The van der Waals surface area contributed by atoms with E-state index in [1.165, 1.54) is 6.42 Å². The number of hydrogen-bond acceptors (Lipinski definition) is 2. The lowest BCUT2D eigenvalue weighted by atomic mass is 9.75. The molecular weight excluding hydrogens is 244 g/mol. The molecule has 1 fully saturated rings. The van der Waals surface area contributed by atoms with Crippen LogP contribution < -0.4 is 10.6 Å². The Morgan fingerprint density at radius 3 is 2.63 bits per heavy atom. The summed E-state index contributed by atoms with van der Waals surface area (Å²) in [6.45, 7) is 6.43. The van der Waals surface area contributed by atoms with E-state index in [1.54, 1.807) is 0 Å². The number of rotatable bonds is 5. The first-order valence-corrected chi connectivity index (χ1v) is 7.11. The molecule has 0 aromatic rings. The summed E-state index contributed by atoms with van der Waals surface area (Å²) in [6.07, 6.45) is 4.84. The largest absolute Gasteiger partial charge is 0.481 e. The van der Waals surface area contributed by atoms with Gasteiger partial charge in [-0.15, -0.1) is 0 Å². The monoisotopic (exact) mass is 270 g/mol. The van der Waals surface area contributed by atoms with Crippen LogP contribution in [0.2, 0.25) is 0 Å². The van der Waals surface area contributed by atoms with Crippen molar-refractivity contribution in [2.24, 2.45) is 11.3 Å². The first kappa shape index (κ1) is 15.8. The number of carbonyl (C=O) groups is 2. The summed E-state index contributed by atoms with van der Waals surface area (Å²) in [4.78, 5) is 22.6. The Bertz CT molecular complexity index is 329. The molecular formula is C14H26N2O3. The van der Waals surface area contributed by atoms with Gasteiger partial charge in [0, 0.05) is 12.6 Å². The zero-order valence-corrected chi connectivity index (χ0v) is 12.2. The number of hydrogen-bond donors (Lipinski definition) is 3. The minimum Gasteiger partial charge on any atom is -0.481 e. The highest BCUT2D eigenvalue weighted by atomic mass is 16.4. The van der Waals surface area contributed by atoms with Crippen molar-refractivity contribution in [1.82, 2.24) is 10.6 Å². The molecule has 0 aromatic carbocycles. The van der Waals surface area contributed by atoms with Crippen LogP contribution in [0.25, 0.3) is 0 Å². The van der Waals surface area contributed by atoms with E-state index in [2.05, 4.69) is 24.5 Å². The Morgan fingerprint density at radius 1 is 1.42 bits per heavy atom. The number of amides is 2. The molecule has 2 amide bonds. The van der Waals surface area contributed by atoms with Crippen molar-refractivity contribution in [3.05, 3.63) is 0 Å². The van der Waals surface area contributed by atoms with Gasteiger partial charge in [0.1, 0.15) is 0 Å². The molecule has 0 bridgehead atoms. The first-order chi connectivity index (χ1) is 8.84. The fourth-order valence-corrected chi connectivity index (χ4v) is 2.68. The van der Waals surface area contributed by atoms with Gasteiger partial charge in [-0.05, 0) is 31.1 Å². The lowest BCUT2D eigenvalue weighted by Crippen LogP contribution is -2.47. The quantitative estimate of drug-likeness (QED) is 0.717. The average molecular weight is 270 g/mol. The van der Waals surface area contributed by atoms with Crippen LogP contribution in [0.3, 0.4) is 0 Å². The number of carboxylic acids is 1. The number of carboxylic acid groups (broad SMARTS) is 1. The van der Waals surface area contributed by atoms with Crippen LogP contribution in [0.15, 0.2) is 0 Å². The normalized spacial score (nSPS) is 23.4. The second-order valence-corrected chi connectivity index (χ2v) is 6.26. The molecule has 2 unspecified atom stereocenters. The minimum atomic E-state index is -0.860. The average Bonchev–Trinajstić information content (AvgIpc) is 2.27. The molecule has 110 valence electrons. The second-order valence-electron chi connectivity index (χ2n) is 6.26. The summed E-state index contributed by atoms with van der Waals surface area (Å²) in [5, 5.41) is 14.5. The van der Waals surface area contributed by atoms with Gasteiger partial charge in [0.2, 0.25) is 0 Å². The van der Waals surface area contributed by atoms with E-state index in [0.717, 1.165) is 19.3 Å². The molecule has 1 rings (SSSR count). The molecule has 19 heavy (non-hydrogen) atoms. The maximum absolute atomic E-state index is 11.8. The lowest BCUT2D eigenvalue weighted by molar-refractivity contribution is -0.141. The number of aliphatic carboxylic acids is 1. The van der Waals surface area contributed by atoms with E-state index < -0.39 is 11.9 Å². The topological polar surface area (TPSA) is 78.4 Å². The predicted molar refractivity (Wildman–Crippen MR) is 74.0 cm³/mol. The van der Waals surface area contributed by atoms with E-state index in [9.17, 15) is 9.59 Å². The fraction of sp³-hybridized carbons (Fsp3) is 0.857. The third-order valence-corrected chi connectivity index (χ3v) is 3.89. The zero-order valence-electron chi connectivity index (χ0n) is 12.2. The van der Waals surface area contributed by atoms with Crippen LogP contribution in [0.4, 0.5) is 4.79 Å². The summed E-state index contributed by atoms with van der Waals surface area (Å²) in [7, 11) is 0. The molecule has 0 spiro atoms. The summed E-state index contributed by atoms with van der Waals surface area (Å²) in [5.74, 6) is -1.37. The van der Waals surface area contributed by atoms with Crippen LogP contribution in [-0.4, -0.2) is 29.7 Å². The molecule has 5 nitrogen and oxygen atoms in total. The van der Waals surface area contributed by atoms with Crippen molar-refractivity contribution < 1.29 is 14.7 Å². The SMILES string of the molecule is CCC(CNC(=O)NC1CCCC(C)(C)C1)C(=O)O. The molecule has 0 saturated heterocycles. The summed E-state index contributed by atoms with van der Waals surface area (Å²) < 4.78 is 0. The zero-order chi connectivity index (χ0) is 14.5. The lowest BCUT2D eigenvalue weighted by Gasteiger charge is -2.35. The van der Waals surface area contributed by atoms with Crippen LogP contribution in [0.1, 0.15) is 52.9 Å². The molecule has 0 aliphatic heterocycles. The van der Waals surface area contributed by atoms with Crippen molar-refractivity contribution in [3.63, 3.8) is 0 Å². The van der Waals surface area contributed by atoms with Crippen molar-refractivity contribution in [2.75, 3.05) is 6.54 Å². The fourth-order valence-electron chi connectivity index (χ4n) is 2.68. The molecule has 5 heteroatoms. The Labute approximate surface area is 115 Å². The maximum atomic E-state index is 11.8. The summed E-state index contributed by atoms with van der Waals surface area (Å²) >= 11 is 0. The van der Waals surface area contributed by atoms with E-state index in [1.807, 2.05) is 6.92 Å². The highest BCUT2D eigenvalue weighted by molar-refractivity contribution is 5.76. The van der Waals surface area contributed by atoms with E-state index in [0.29, 0.717) is 6.42 Å². The van der Waals surface area contributed by atoms with Gasteiger partial charge in [-0.2, -0.15) is 0 Å². The van der Waals surface area contributed by atoms with Gasteiger partial charge >= 0.3 is 12.0 Å². The van der Waals surface area contributed by atoms with Crippen LogP contribution in [0.5, 0.6) is 0 Å². The molecule has 1 aliphatic carbocycles. The highest BCUT2D eigenvalue weighted by Crippen LogP contribution is 2.34. The Kier molecular flexibility index (Phi) is 5.63. The Hall–Kier alpha value is -1.26. The summed E-state index contributed by atoms with van der Waals surface area (Å²) in [5.41, 5.74) is 0.281. The second kappa shape index (κ2) is 6.78. The maximum Gasteiger partial charge on any atom is 0.315 e. The Balaban J connectivity index is 2.33. The third kappa shape index (κ3) is 5.49. The highest BCUT2D eigenvalue weighted by Gasteiger charge is 2.28. The van der Waals surface area contributed by atoms with Crippen molar-refractivity contribution in [3.8, 4) is 0 Å². The van der Waals surface area contributed by atoms with Crippen LogP contribution in [0, 0.1) is 11.3 Å². The Morgan fingerprint density at radius 2 is 2.11 bits per heavy atom. The van der Waals surface area contributed by atoms with Crippen LogP contribution >= 0.6 is 0 Å². The van der Waals surface area contributed by atoms with Gasteiger partial charge in [0.05, 0.1) is 5.92 Å².